The summed E-state index contributed by atoms with van der Waals surface area (Å²) in [6, 6.07) is 7.63. The van der Waals surface area contributed by atoms with Crippen molar-refractivity contribution in [3.63, 3.8) is 0 Å². The Hall–Kier alpha value is -0.660. The molecule has 0 atom stereocenters. The first-order valence-corrected chi connectivity index (χ1v) is 8.18. The van der Waals surface area contributed by atoms with Gasteiger partial charge < -0.3 is 4.74 Å². The van der Waals surface area contributed by atoms with Crippen LogP contribution in [-0.2, 0) is 0 Å². The number of hydrogen-bond acceptors (Lipinski definition) is 3. The maximum atomic E-state index is 9.09. The Bertz CT molecular complexity index is 578. The van der Waals surface area contributed by atoms with E-state index in [0.717, 1.165) is 18.6 Å². The summed E-state index contributed by atoms with van der Waals surface area (Å²) in [5.74, 6) is 0.736. The monoisotopic (exact) mass is 376 g/mol. The minimum Gasteiger partial charge on any atom is -0.490 e. The van der Waals surface area contributed by atoms with Crippen LogP contribution in [0.2, 0.25) is 10.0 Å². The zero-order chi connectivity index (χ0) is 16.5. The Morgan fingerprint density at radius 1 is 1.17 bits per heavy atom. The van der Waals surface area contributed by atoms with Crippen LogP contribution in [0.15, 0.2) is 18.2 Å². The summed E-state index contributed by atoms with van der Waals surface area (Å²) in [7, 11) is 0. The maximum Gasteiger partial charge on any atom is 0.121 e. The number of nitriles is 1. The van der Waals surface area contributed by atoms with Crippen molar-refractivity contribution in [1.29, 1.82) is 5.26 Å². The van der Waals surface area contributed by atoms with Crippen LogP contribution in [-0.4, -0.2) is 28.6 Å². The molecule has 0 spiro atoms. The zero-order valence-corrected chi connectivity index (χ0v) is 16.2. The molecule has 2 rings (SSSR count). The number of ether oxygens (including phenoxy) is 1. The number of likely N-dealkylation sites (tertiary alicyclic amines) is 1. The molecule has 0 bridgehead atoms. The molecular formula is C17H23Cl3N2O. The molecule has 1 aliphatic rings. The topological polar surface area (TPSA) is 36.3 Å². The Morgan fingerprint density at radius 2 is 1.74 bits per heavy atom. The van der Waals surface area contributed by atoms with Crippen molar-refractivity contribution >= 4 is 35.6 Å². The third-order valence-electron chi connectivity index (χ3n) is 4.34. The molecule has 1 aliphatic heterocycles. The van der Waals surface area contributed by atoms with Crippen molar-refractivity contribution in [2.24, 2.45) is 0 Å². The summed E-state index contributed by atoms with van der Waals surface area (Å²) in [6.07, 6.45) is 1.80. The SMILES string of the molecule is CC1(C)CC(Oc2ccc(Cl)c(Cl)c2)CC(C)(C)N1CC#N.Cl. The lowest BCUT2D eigenvalue weighted by molar-refractivity contribution is -0.0647. The summed E-state index contributed by atoms with van der Waals surface area (Å²) >= 11 is 12.0. The maximum absolute atomic E-state index is 9.09. The van der Waals surface area contributed by atoms with E-state index in [2.05, 4.69) is 38.7 Å². The summed E-state index contributed by atoms with van der Waals surface area (Å²) < 4.78 is 6.14. The Kier molecular flexibility index (Phi) is 6.64. The molecule has 0 saturated carbocycles. The van der Waals surface area contributed by atoms with Gasteiger partial charge in [-0.1, -0.05) is 23.2 Å². The third-order valence-corrected chi connectivity index (χ3v) is 5.08. The van der Waals surface area contributed by atoms with E-state index in [1.54, 1.807) is 12.1 Å². The number of hydrogen-bond donors (Lipinski definition) is 0. The molecular weight excluding hydrogens is 355 g/mol. The number of rotatable bonds is 3. The predicted molar refractivity (Wildman–Crippen MR) is 97.8 cm³/mol. The fourth-order valence-electron chi connectivity index (χ4n) is 3.55. The highest BCUT2D eigenvalue weighted by atomic mass is 35.5. The average Bonchev–Trinajstić information content (AvgIpc) is 2.37. The van der Waals surface area contributed by atoms with Crippen molar-refractivity contribution in [3.05, 3.63) is 28.2 Å². The van der Waals surface area contributed by atoms with Gasteiger partial charge in [-0.2, -0.15) is 5.26 Å². The number of benzene rings is 1. The summed E-state index contributed by atoms with van der Waals surface area (Å²) in [5, 5.41) is 10.1. The molecule has 0 N–H and O–H groups in total. The van der Waals surface area contributed by atoms with Gasteiger partial charge in [0.1, 0.15) is 11.9 Å². The largest absolute Gasteiger partial charge is 0.490 e. The van der Waals surface area contributed by atoms with Crippen LogP contribution in [0.3, 0.4) is 0 Å². The van der Waals surface area contributed by atoms with Crippen LogP contribution < -0.4 is 4.74 Å². The number of nitrogens with zero attached hydrogens (tertiary/aromatic N) is 2. The quantitative estimate of drug-likeness (QED) is 0.667. The van der Waals surface area contributed by atoms with Gasteiger partial charge in [0, 0.05) is 30.0 Å². The second-order valence-corrected chi connectivity index (χ2v) is 7.91. The van der Waals surface area contributed by atoms with E-state index < -0.39 is 0 Å². The molecule has 0 aromatic heterocycles. The van der Waals surface area contributed by atoms with Gasteiger partial charge in [0.15, 0.2) is 0 Å². The lowest BCUT2D eigenvalue weighted by Crippen LogP contribution is -2.62. The molecule has 1 saturated heterocycles. The average molecular weight is 378 g/mol. The van der Waals surface area contributed by atoms with Crippen LogP contribution in [0, 0.1) is 11.3 Å². The van der Waals surface area contributed by atoms with E-state index in [9.17, 15) is 0 Å². The first kappa shape index (κ1) is 20.4. The van der Waals surface area contributed by atoms with Crippen LogP contribution in [0.5, 0.6) is 5.75 Å². The summed E-state index contributed by atoms with van der Waals surface area (Å²) in [4.78, 5) is 2.26. The molecule has 1 aromatic carbocycles. The second-order valence-electron chi connectivity index (χ2n) is 7.09. The third kappa shape index (κ3) is 4.67. The molecule has 128 valence electrons. The minimum atomic E-state index is -0.0988. The highest BCUT2D eigenvalue weighted by Crippen LogP contribution is 2.40. The van der Waals surface area contributed by atoms with Crippen molar-refractivity contribution in [2.75, 3.05) is 6.54 Å². The molecule has 0 radical (unpaired) electrons. The molecule has 1 aromatic rings. The van der Waals surface area contributed by atoms with Crippen LogP contribution in [0.1, 0.15) is 40.5 Å². The van der Waals surface area contributed by atoms with Crippen LogP contribution in [0.25, 0.3) is 0 Å². The Morgan fingerprint density at radius 3 is 2.22 bits per heavy atom. The van der Waals surface area contributed by atoms with Gasteiger partial charge >= 0.3 is 0 Å². The van der Waals surface area contributed by atoms with E-state index in [1.165, 1.54) is 0 Å². The van der Waals surface area contributed by atoms with Crippen molar-refractivity contribution < 1.29 is 4.74 Å². The van der Waals surface area contributed by atoms with E-state index in [-0.39, 0.29) is 29.6 Å². The molecule has 0 aliphatic carbocycles. The number of piperidine rings is 1. The van der Waals surface area contributed by atoms with Gasteiger partial charge in [0.2, 0.25) is 0 Å². The van der Waals surface area contributed by atoms with E-state index in [1.807, 2.05) is 6.07 Å². The van der Waals surface area contributed by atoms with Crippen molar-refractivity contribution in [2.45, 2.75) is 57.7 Å². The lowest BCUT2D eigenvalue weighted by atomic mass is 9.78. The van der Waals surface area contributed by atoms with Gasteiger partial charge in [-0.3, -0.25) is 4.90 Å². The lowest BCUT2D eigenvalue weighted by Gasteiger charge is -2.54. The van der Waals surface area contributed by atoms with Crippen molar-refractivity contribution in [1.82, 2.24) is 4.90 Å². The summed E-state index contributed by atoms with van der Waals surface area (Å²) in [6.45, 7) is 9.08. The van der Waals surface area contributed by atoms with Crippen LogP contribution in [0.4, 0.5) is 0 Å². The van der Waals surface area contributed by atoms with E-state index >= 15 is 0 Å². The van der Waals surface area contributed by atoms with Gasteiger partial charge in [0.25, 0.3) is 0 Å². The van der Waals surface area contributed by atoms with Gasteiger partial charge in [-0.25, -0.2) is 0 Å². The minimum absolute atomic E-state index is 0. The number of halogens is 3. The summed E-state index contributed by atoms with van der Waals surface area (Å²) in [5.41, 5.74) is -0.198. The highest BCUT2D eigenvalue weighted by Gasteiger charge is 2.45. The Labute approximate surface area is 154 Å². The van der Waals surface area contributed by atoms with Crippen molar-refractivity contribution in [3.8, 4) is 11.8 Å². The zero-order valence-electron chi connectivity index (χ0n) is 13.9. The van der Waals surface area contributed by atoms with Gasteiger partial charge in [0.05, 0.1) is 22.7 Å². The van der Waals surface area contributed by atoms with E-state index in [0.29, 0.717) is 16.6 Å². The second kappa shape index (κ2) is 7.49. The fraction of sp³-hybridized carbons (Fsp3) is 0.588. The molecule has 6 heteroatoms. The van der Waals surface area contributed by atoms with Gasteiger partial charge in [-0.05, 0) is 39.8 Å². The first-order chi connectivity index (χ1) is 10.2. The molecule has 1 heterocycles. The molecule has 1 fully saturated rings. The molecule has 0 amide bonds. The van der Waals surface area contributed by atoms with E-state index in [4.69, 9.17) is 33.2 Å². The Balaban J connectivity index is 0.00000264. The van der Waals surface area contributed by atoms with Crippen LogP contribution >= 0.6 is 35.6 Å². The molecule has 23 heavy (non-hydrogen) atoms. The fourth-order valence-corrected chi connectivity index (χ4v) is 3.84. The standard InChI is InChI=1S/C17H22Cl2N2O.ClH/c1-16(2)10-13(11-17(3,4)21(16)8-7-20)22-12-5-6-14(18)15(19)9-12;/h5-6,9,13H,8,10-11H2,1-4H3;1H. The highest BCUT2D eigenvalue weighted by molar-refractivity contribution is 6.42. The molecule has 3 nitrogen and oxygen atoms in total. The first-order valence-electron chi connectivity index (χ1n) is 7.42. The molecule has 0 unspecified atom stereocenters. The van der Waals surface area contributed by atoms with Gasteiger partial charge in [-0.15, -0.1) is 12.4 Å². The normalized spacial score (nSPS) is 20.4. The smallest absolute Gasteiger partial charge is 0.121 e. The predicted octanol–water partition coefficient (Wildman–Crippen LogP) is 5.34.